The number of carbonyl (C=O) groups is 3. The van der Waals surface area contributed by atoms with Crippen molar-refractivity contribution in [2.75, 3.05) is 12.9 Å². The van der Waals surface area contributed by atoms with Crippen molar-refractivity contribution in [3.8, 4) is 0 Å². The standard InChI is InChI=1S/C40H46N2O6S/c1-38(2,3)48-37(45)41-34(36(44)46-6)39(4,5)49-28-33(35(43)47-27-29-19-11-7-12-20-29)42-40(30-21-13-8-14-22-30,31-23-15-9-16-24-31)32-25-17-10-18-26-32/h7-26,33-34,42H,27-28H2,1-6H3,(H,41,45)/t33-,34+/m0/s1. The lowest BCUT2D eigenvalue weighted by Crippen LogP contribution is -2.56. The van der Waals surface area contributed by atoms with Crippen molar-refractivity contribution in [1.82, 2.24) is 10.6 Å². The summed E-state index contributed by atoms with van der Waals surface area (Å²) in [5.74, 6) is -0.918. The van der Waals surface area contributed by atoms with Crippen LogP contribution in [0.15, 0.2) is 121 Å². The van der Waals surface area contributed by atoms with Gasteiger partial charge in [-0.2, -0.15) is 11.8 Å². The van der Waals surface area contributed by atoms with Crippen LogP contribution in [0.3, 0.4) is 0 Å². The van der Waals surface area contributed by atoms with Crippen LogP contribution >= 0.6 is 11.8 Å². The van der Waals surface area contributed by atoms with Crippen LogP contribution in [0.4, 0.5) is 4.79 Å². The Balaban J connectivity index is 1.76. The minimum atomic E-state index is -1.08. The van der Waals surface area contributed by atoms with Crippen LogP contribution in [0.1, 0.15) is 56.9 Å². The van der Waals surface area contributed by atoms with Crippen molar-refractivity contribution in [1.29, 1.82) is 0 Å². The molecule has 4 aromatic carbocycles. The first-order chi connectivity index (χ1) is 23.4. The lowest BCUT2D eigenvalue weighted by atomic mass is 9.76. The maximum atomic E-state index is 14.2. The second-order valence-corrected chi connectivity index (χ2v) is 14.8. The van der Waals surface area contributed by atoms with Crippen LogP contribution in [-0.2, 0) is 35.9 Å². The molecule has 0 spiro atoms. The Bertz CT molecular complexity index is 1550. The zero-order chi connectivity index (χ0) is 35.5. The molecule has 49 heavy (non-hydrogen) atoms. The summed E-state index contributed by atoms with van der Waals surface area (Å²) in [6.07, 6.45) is -0.746. The molecule has 0 aliphatic rings. The van der Waals surface area contributed by atoms with E-state index in [1.807, 2.05) is 135 Å². The van der Waals surface area contributed by atoms with Gasteiger partial charge in [-0.3, -0.25) is 10.1 Å². The van der Waals surface area contributed by atoms with E-state index in [4.69, 9.17) is 14.2 Å². The molecule has 0 aromatic heterocycles. The molecule has 8 nitrogen and oxygen atoms in total. The van der Waals surface area contributed by atoms with Crippen LogP contribution in [0.2, 0.25) is 0 Å². The van der Waals surface area contributed by atoms with Gasteiger partial charge in [0.2, 0.25) is 0 Å². The first-order valence-electron chi connectivity index (χ1n) is 16.2. The largest absolute Gasteiger partial charge is 0.467 e. The Morgan fingerprint density at radius 3 is 1.55 bits per heavy atom. The van der Waals surface area contributed by atoms with Crippen molar-refractivity contribution in [2.24, 2.45) is 0 Å². The third-order valence-corrected chi connectivity index (χ3v) is 9.41. The maximum absolute atomic E-state index is 14.2. The molecule has 0 heterocycles. The van der Waals surface area contributed by atoms with E-state index < -0.39 is 46.0 Å². The van der Waals surface area contributed by atoms with Crippen LogP contribution in [0.5, 0.6) is 0 Å². The van der Waals surface area contributed by atoms with E-state index in [2.05, 4.69) is 10.6 Å². The smallest absolute Gasteiger partial charge is 0.408 e. The second kappa shape index (κ2) is 16.7. The summed E-state index contributed by atoms with van der Waals surface area (Å²) in [5, 5.41) is 6.45. The molecule has 0 saturated carbocycles. The number of thioether (sulfide) groups is 1. The van der Waals surface area contributed by atoms with Gasteiger partial charge in [0, 0.05) is 10.5 Å². The summed E-state index contributed by atoms with van der Waals surface area (Å²) in [6, 6.07) is 37.5. The molecule has 0 aliphatic carbocycles. The van der Waals surface area contributed by atoms with Gasteiger partial charge in [0.1, 0.15) is 24.3 Å². The van der Waals surface area contributed by atoms with E-state index in [0.717, 1.165) is 22.3 Å². The van der Waals surface area contributed by atoms with Gasteiger partial charge in [-0.25, -0.2) is 9.59 Å². The van der Waals surface area contributed by atoms with Gasteiger partial charge in [-0.15, -0.1) is 0 Å². The number of methoxy groups -OCH3 is 1. The molecule has 4 aromatic rings. The van der Waals surface area contributed by atoms with Crippen molar-refractivity contribution in [3.63, 3.8) is 0 Å². The fourth-order valence-corrected chi connectivity index (χ4v) is 6.65. The average molecular weight is 683 g/mol. The number of esters is 2. The van der Waals surface area contributed by atoms with Crippen molar-refractivity contribution >= 4 is 29.8 Å². The summed E-state index contributed by atoms with van der Waals surface area (Å²) in [7, 11) is 1.27. The number of carbonyl (C=O) groups excluding carboxylic acids is 3. The van der Waals surface area contributed by atoms with Gasteiger partial charge in [-0.1, -0.05) is 121 Å². The lowest BCUT2D eigenvalue weighted by molar-refractivity contribution is -0.147. The number of ether oxygens (including phenoxy) is 3. The van der Waals surface area contributed by atoms with Crippen molar-refractivity contribution < 1.29 is 28.6 Å². The molecule has 0 aliphatic heterocycles. The highest BCUT2D eigenvalue weighted by molar-refractivity contribution is 8.00. The number of hydrogen-bond acceptors (Lipinski definition) is 8. The highest BCUT2D eigenvalue weighted by Gasteiger charge is 2.43. The quantitative estimate of drug-likeness (QED) is 0.0815. The number of alkyl carbamates (subject to hydrolysis) is 1. The van der Waals surface area contributed by atoms with E-state index in [0.29, 0.717) is 0 Å². The highest BCUT2D eigenvalue weighted by atomic mass is 32.2. The molecule has 0 saturated heterocycles. The van der Waals surface area contributed by atoms with Gasteiger partial charge in [0.25, 0.3) is 0 Å². The SMILES string of the molecule is COC(=O)[C@@H](NC(=O)OC(C)(C)C)C(C)(C)SC[C@H](NC(c1ccccc1)(c1ccccc1)c1ccccc1)C(=O)OCc1ccccc1. The normalized spacial score (nSPS) is 13.1. The van der Waals surface area contributed by atoms with Crippen LogP contribution in [0, 0.1) is 0 Å². The molecule has 0 unspecified atom stereocenters. The minimum absolute atomic E-state index is 0.0892. The molecular formula is C40H46N2O6S. The minimum Gasteiger partial charge on any atom is -0.467 e. The molecule has 9 heteroatoms. The van der Waals surface area contributed by atoms with E-state index in [1.165, 1.54) is 18.9 Å². The Kier molecular flexibility index (Phi) is 12.7. The van der Waals surface area contributed by atoms with Crippen LogP contribution in [0.25, 0.3) is 0 Å². The van der Waals surface area contributed by atoms with Gasteiger partial charge in [0.15, 0.2) is 0 Å². The Hall–Kier alpha value is -4.60. The summed E-state index contributed by atoms with van der Waals surface area (Å²) in [6.45, 7) is 8.97. The predicted molar refractivity (Wildman–Crippen MR) is 194 cm³/mol. The van der Waals surface area contributed by atoms with Crippen LogP contribution in [-0.4, -0.2) is 53.3 Å². The molecule has 4 rings (SSSR count). The monoisotopic (exact) mass is 682 g/mol. The summed E-state index contributed by atoms with van der Waals surface area (Å²) < 4.78 is 15.6. The number of hydrogen-bond donors (Lipinski definition) is 2. The lowest BCUT2D eigenvalue weighted by Gasteiger charge is -2.40. The molecule has 2 atom stereocenters. The second-order valence-electron chi connectivity index (χ2n) is 13.2. The average Bonchev–Trinajstić information content (AvgIpc) is 3.10. The van der Waals surface area contributed by atoms with Gasteiger partial charge in [-0.05, 0) is 56.9 Å². The molecular weight excluding hydrogens is 637 g/mol. The maximum Gasteiger partial charge on any atom is 0.408 e. The molecule has 258 valence electrons. The van der Waals surface area contributed by atoms with Gasteiger partial charge in [0.05, 0.1) is 12.6 Å². The summed E-state index contributed by atoms with van der Waals surface area (Å²) in [4.78, 5) is 40.1. The third-order valence-electron chi connectivity index (χ3n) is 7.93. The highest BCUT2D eigenvalue weighted by Crippen LogP contribution is 2.38. The van der Waals surface area contributed by atoms with Crippen LogP contribution < -0.4 is 10.6 Å². The number of amides is 1. The van der Waals surface area contributed by atoms with E-state index in [-0.39, 0.29) is 12.4 Å². The zero-order valence-corrected chi connectivity index (χ0v) is 29.8. The Morgan fingerprint density at radius 2 is 1.12 bits per heavy atom. The van der Waals surface area contributed by atoms with Crippen molar-refractivity contribution in [3.05, 3.63) is 144 Å². The Morgan fingerprint density at radius 1 is 0.673 bits per heavy atom. The Labute approximate surface area is 293 Å². The molecule has 1 amide bonds. The number of nitrogens with one attached hydrogen (secondary N) is 2. The number of rotatable bonds is 14. The predicted octanol–water partition coefficient (Wildman–Crippen LogP) is 7.26. The number of benzene rings is 4. The zero-order valence-electron chi connectivity index (χ0n) is 29.0. The van der Waals surface area contributed by atoms with Gasteiger partial charge >= 0.3 is 18.0 Å². The molecule has 2 N–H and O–H groups in total. The topological polar surface area (TPSA) is 103 Å². The fraction of sp³-hybridized carbons (Fsp3) is 0.325. The summed E-state index contributed by atoms with van der Waals surface area (Å²) >= 11 is 1.34. The third kappa shape index (κ3) is 9.96. The first-order valence-corrected chi connectivity index (χ1v) is 17.2. The molecule has 0 fully saturated rings. The fourth-order valence-electron chi connectivity index (χ4n) is 5.51. The van der Waals surface area contributed by atoms with Gasteiger partial charge < -0.3 is 19.5 Å². The van der Waals surface area contributed by atoms with E-state index in [9.17, 15) is 14.4 Å². The first kappa shape index (κ1) is 37.2. The van der Waals surface area contributed by atoms with E-state index in [1.54, 1.807) is 20.8 Å². The molecule has 0 bridgehead atoms. The summed E-state index contributed by atoms with van der Waals surface area (Å²) in [5.41, 5.74) is 1.90. The van der Waals surface area contributed by atoms with E-state index >= 15 is 0 Å². The molecule has 0 radical (unpaired) electrons. The van der Waals surface area contributed by atoms with Crippen molar-refractivity contribution in [2.45, 2.75) is 69.2 Å².